The molecule has 2 nitrogen and oxygen atoms in total. The van der Waals surface area contributed by atoms with Crippen LogP contribution in [0.25, 0.3) is 0 Å². The molecule has 0 aromatic heterocycles. The Balaban J connectivity index is 1.92. The van der Waals surface area contributed by atoms with Crippen molar-refractivity contribution in [1.29, 1.82) is 0 Å². The highest BCUT2D eigenvalue weighted by Crippen LogP contribution is 2.27. The van der Waals surface area contributed by atoms with Gasteiger partial charge >= 0.3 is 0 Å². The van der Waals surface area contributed by atoms with Gasteiger partial charge in [0.25, 0.3) is 5.92 Å². The molecule has 2 unspecified atom stereocenters. The summed E-state index contributed by atoms with van der Waals surface area (Å²) in [4.78, 5) is 0. The number of hydrogen-bond acceptors (Lipinski definition) is 2. The zero-order chi connectivity index (χ0) is 16.0. The fraction of sp³-hybridized carbons (Fsp3) is 0.333. The summed E-state index contributed by atoms with van der Waals surface area (Å²) in [5, 5.41) is 9.91. The molecule has 0 aliphatic heterocycles. The van der Waals surface area contributed by atoms with E-state index in [1.54, 1.807) is 12.1 Å². The molecule has 4 heteroatoms. The summed E-state index contributed by atoms with van der Waals surface area (Å²) in [6.07, 6.45) is -1.83. The Morgan fingerprint density at radius 1 is 0.909 bits per heavy atom. The third-order valence-electron chi connectivity index (χ3n) is 3.74. The molecule has 3 N–H and O–H groups in total. The molecule has 0 saturated carbocycles. The summed E-state index contributed by atoms with van der Waals surface area (Å²) in [6, 6.07) is 17.2. The lowest BCUT2D eigenvalue weighted by atomic mass is 9.94. The van der Waals surface area contributed by atoms with Gasteiger partial charge < -0.3 is 10.8 Å². The van der Waals surface area contributed by atoms with Crippen LogP contribution in [0.4, 0.5) is 8.78 Å². The first kappa shape index (κ1) is 16.6. The van der Waals surface area contributed by atoms with Crippen molar-refractivity contribution in [2.75, 3.05) is 0 Å². The maximum Gasteiger partial charge on any atom is 0.275 e. The predicted molar refractivity (Wildman–Crippen MR) is 83.8 cm³/mol. The Kier molecular flexibility index (Phi) is 5.63. The van der Waals surface area contributed by atoms with E-state index in [4.69, 9.17) is 5.73 Å². The molecule has 0 aliphatic carbocycles. The number of halogens is 2. The Bertz CT molecular complexity index is 560. The SMILES string of the molecule is NC(Cc1ccccc1)C(O)C(F)(F)CCc1ccccc1. The molecule has 0 amide bonds. The molecule has 22 heavy (non-hydrogen) atoms. The number of nitrogens with two attached hydrogens (primary N) is 1. The fourth-order valence-corrected chi connectivity index (χ4v) is 2.41. The number of aryl methyl sites for hydroxylation is 1. The van der Waals surface area contributed by atoms with E-state index >= 15 is 0 Å². The molecule has 2 atom stereocenters. The first-order chi connectivity index (χ1) is 10.5. The number of benzene rings is 2. The topological polar surface area (TPSA) is 46.2 Å². The molecular weight excluding hydrogens is 284 g/mol. The van der Waals surface area contributed by atoms with Gasteiger partial charge in [-0.3, -0.25) is 0 Å². The zero-order valence-electron chi connectivity index (χ0n) is 12.3. The maximum absolute atomic E-state index is 14.1. The summed E-state index contributed by atoms with van der Waals surface area (Å²) in [6.45, 7) is 0. The van der Waals surface area contributed by atoms with Crippen molar-refractivity contribution >= 4 is 0 Å². The number of rotatable bonds is 7. The van der Waals surface area contributed by atoms with Crippen molar-refractivity contribution < 1.29 is 13.9 Å². The Morgan fingerprint density at radius 2 is 1.41 bits per heavy atom. The summed E-state index contributed by atoms with van der Waals surface area (Å²) in [5.41, 5.74) is 7.44. The molecule has 2 aromatic carbocycles. The predicted octanol–water partition coefficient (Wildman–Crippen LogP) is 3.19. The van der Waals surface area contributed by atoms with E-state index in [1.165, 1.54) is 0 Å². The number of hydrogen-bond donors (Lipinski definition) is 2. The molecule has 0 radical (unpaired) electrons. The first-order valence-corrected chi connectivity index (χ1v) is 7.38. The Labute approximate surface area is 129 Å². The van der Waals surface area contributed by atoms with E-state index in [-0.39, 0.29) is 12.8 Å². The molecule has 2 aromatic rings. The minimum absolute atomic E-state index is 0.211. The monoisotopic (exact) mass is 305 g/mol. The van der Waals surface area contributed by atoms with Crippen molar-refractivity contribution in [2.24, 2.45) is 5.73 Å². The van der Waals surface area contributed by atoms with E-state index in [0.29, 0.717) is 0 Å². The normalized spacial score (nSPS) is 14.5. The highest BCUT2D eigenvalue weighted by molar-refractivity contribution is 5.17. The van der Waals surface area contributed by atoms with Crippen molar-refractivity contribution in [3.05, 3.63) is 71.8 Å². The molecular formula is C18H21F2NO. The summed E-state index contributed by atoms with van der Waals surface area (Å²) in [7, 11) is 0. The average molecular weight is 305 g/mol. The van der Waals surface area contributed by atoms with Gasteiger partial charge in [0.05, 0.1) is 0 Å². The van der Waals surface area contributed by atoms with Gasteiger partial charge in [-0.25, -0.2) is 8.78 Å². The van der Waals surface area contributed by atoms with Crippen LogP contribution in [0, 0.1) is 0 Å². The highest BCUT2D eigenvalue weighted by atomic mass is 19.3. The van der Waals surface area contributed by atoms with Crippen LogP contribution < -0.4 is 5.73 Å². The van der Waals surface area contributed by atoms with Gasteiger partial charge in [0.15, 0.2) is 0 Å². The lowest BCUT2D eigenvalue weighted by Gasteiger charge is -2.27. The largest absolute Gasteiger partial charge is 0.385 e. The van der Waals surface area contributed by atoms with Crippen LogP contribution in [0.1, 0.15) is 17.5 Å². The van der Waals surface area contributed by atoms with Crippen LogP contribution in [-0.2, 0) is 12.8 Å². The third-order valence-corrected chi connectivity index (χ3v) is 3.74. The van der Waals surface area contributed by atoms with Gasteiger partial charge in [0.1, 0.15) is 6.10 Å². The molecule has 0 aliphatic rings. The number of aliphatic hydroxyl groups excluding tert-OH is 1. The minimum Gasteiger partial charge on any atom is -0.385 e. The van der Waals surface area contributed by atoms with E-state index in [0.717, 1.165) is 11.1 Å². The number of aliphatic hydroxyl groups is 1. The zero-order valence-corrected chi connectivity index (χ0v) is 12.3. The minimum atomic E-state index is -3.20. The van der Waals surface area contributed by atoms with E-state index in [9.17, 15) is 13.9 Å². The second-order valence-electron chi connectivity index (χ2n) is 5.55. The Hall–Kier alpha value is -1.78. The number of alkyl halides is 2. The molecule has 2 rings (SSSR count). The Morgan fingerprint density at radius 3 is 1.95 bits per heavy atom. The van der Waals surface area contributed by atoms with E-state index in [1.807, 2.05) is 48.5 Å². The van der Waals surface area contributed by atoms with Crippen LogP contribution >= 0.6 is 0 Å². The van der Waals surface area contributed by atoms with Crippen LogP contribution in [0.5, 0.6) is 0 Å². The van der Waals surface area contributed by atoms with Crippen LogP contribution in [0.15, 0.2) is 60.7 Å². The van der Waals surface area contributed by atoms with Gasteiger partial charge in [0, 0.05) is 12.5 Å². The van der Waals surface area contributed by atoms with Gasteiger partial charge in [-0.2, -0.15) is 0 Å². The lowest BCUT2D eigenvalue weighted by molar-refractivity contribution is -0.121. The smallest absolute Gasteiger partial charge is 0.275 e. The maximum atomic E-state index is 14.1. The standard InChI is InChI=1S/C18H21F2NO/c19-18(20,12-11-14-7-3-1-4-8-14)17(22)16(21)13-15-9-5-2-6-10-15/h1-10,16-17,22H,11-13,21H2. The molecule has 0 saturated heterocycles. The van der Waals surface area contributed by atoms with Crippen molar-refractivity contribution in [1.82, 2.24) is 0 Å². The van der Waals surface area contributed by atoms with Crippen molar-refractivity contribution in [3.63, 3.8) is 0 Å². The van der Waals surface area contributed by atoms with Gasteiger partial charge in [0.2, 0.25) is 0 Å². The summed E-state index contributed by atoms with van der Waals surface area (Å²) >= 11 is 0. The third kappa shape index (κ3) is 4.61. The molecule has 118 valence electrons. The molecule has 0 heterocycles. The van der Waals surface area contributed by atoms with Crippen molar-refractivity contribution in [2.45, 2.75) is 37.3 Å². The van der Waals surface area contributed by atoms with Gasteiger partial charge in [-0.05, 0) is 24.0 Å². The summed E-state index contributed by atoms with van der Waals surface area (Å²) in [5.74, 6) is -3.20. The van der Waals surface area contributed by atoms with E-state index in [2.05, 4.69) is 0 Å². The van der Waals surface area contributed by atoms with Gasteiger partial charge in [-0.1, -0.05) is 60.7 Å². The molecule has 0 bridgehead atoms. The summed E-state index contributed by atoms with van der Waals surface area (Å²) < 4.78 is 28.3. The molecule has 0 spiro atoms. The van der Waals surface area contributed by atoms with Crippen LogP contribution in [0.3, 0.4) is 0 Å². The van der Waals surface area contributed by atoms with E-state index < -0.39 is 24.5 Å². The quantitative estimate of drug-likeness (QED) is 0.825. The lowest BCUT2D eigenvalue weighted by Crippen LogP contribution is -2.48. The fourth-order valence-electron chi connectivity index (χ4n) is 2.41. The van der Waals surface area contributed by atoms with Crippen molar-refractivity contribution in [3.8, 4) is 0 Å². The van der Waals surface area contributed by atoms with Gasteiger partial charge in [-0.15, -0.1) is 0 Å². The second kappa shape index (κ2) is 7.47. The van der Waals surface area contributed by atoms with Crippen LogP contribution in [0.2, 0.25) is 0 Å². The first-order valence-electron chi connectivity index (χ1n) is 7.38. The highest BCUT2D eigenvalue weighted by Gasteiger charge is 2.41. The average Bonchev–Trinajstić information content (AvgIpc) is 2.54. The molecule has 0 fully saturated rings. The van der Waals surface area contributed by atoms with Crippen LogP contribution in [-0.4, -0.2) is 23.2 Å². The second-order valence-corrected chi connectivity index (χ2v) is 5.55.